The second-order valence-electron chi connectivity index (χ2n) is 9.57. The minimum absolute atomic E-state index is 0.0816. The number of ketones is 1. The molecule has 5 nitrogen and oxygen atoms in total. The molecule has 2 aromatic heterocycles. The van der Waals surface area contributed by atoms with Crippen LogP contribution in [0.1, 0.15) is 41.1 Å². The largest absolute Gasteiger partial charge is 0.378 e. The number of aromatic nitrogens is 1. The zero-order valence-electron chi connectivity index (χ0n) is 19.0. The van der Waals surface area contributed by atoms with Gasteiger partial charge >= 0.3 is 0 Å². The van der Waals surface area contributed by atoms with Crippen LogP contribution in [0.5, 0.6) is 0 Å². The third-order valence-electron chi connectivity index (χ3n) is 6.45. The fraction of sp³-hybridized carbons (Fsp3) is 0.385. The third-order valence-corrected chi connectivity index (χ3v) is 7.78. The fourth-order valence-corrected chi connectivity index (χ4v) is 6.23. The van der Waals surface area contributed by atoms with Gasteiger partial charge in [-0.25, -0.2) is 4.39 Å². The van der Waals surface area contributed by atoms with Gasteiger partial charge in [0.05, 0.1) is 28.8 Å². The summed E-state index contributed by atoms with van der Waals surface area (Å²) in [6.07, 6.45) is 3.21. The Balaban J connectivity index is 1.68. The maximum atomic E-state index is 13.8. The molecule has 2 N–H and O–H groups in total. The Kier molecular flexibility index (Phi) is 5.80. The average Bonchev–Trinajstić information content (AvgIpc) is 3.18. The number of anilines is 1. The maximum Gasteiger partial charge on any atom is 0.173 e. The highest BCUT2D eigenvalue weighted by Crippen LogP contribution is 2.49. The molecule has 2 aliphatic rings. The van der Waals surface area contributed by atoms with Crippen molar-refractivity contribution in [2.75, 3.05) is 31.2 Å². The van der Waals surface area contributed by atoms with Crippen LogP contribution in [-0.2, 0) is 17.7 Å². The number of morpholine rings is 1. The summed E-state index contributed by atoms with van der Waals surface area (Å²) in [7, 11) is 0. The lowest BCUT2D eigenvalue weighted by Crippen LogP contribution is -2.36. The van der Waals surface area contributed by atoms with E-state index < -0.39 is 0 Å². The van der Waals surface area contributed by atoms with Gasteiger partial charge in [0.1, 0.15) is 5.82 Å². The number of hydrogen-bond acceptors (Lipinski definition) is 6. The summed E-state index contributed by atoms with van der Waals surface area (Å²) in [5.74, 6) is -0.0807. The number of fused-ring (bicyclic) bond motifs is 1. The molecule has 1 aliphatic carbocycles. The van der Waals surface area contributed by atoms with Crippen LogP contribution in [0.2, 0.25) is 0 Å². The van der Waals surface area contributed by atoms with Crippen molar-refractivity contribution >= 4 is 22.1 Å². The highest BCUT2D eigenvalue weighted by Gasteiger charge is 2.37. The molecule has 0 atom stereocenters. The van der Waals surface area contributed by atoms with Crippen LogP contribution in [0.4, 0.5) is 9.39 Å². The quantitative estimate of drug-likeness (QED) is 0.583. The molecule has 0 saturated carbocycles. The predicted molar refractivity (Wildman–Crippen MR) is 130 cm³/mol. The Morgan fingerprint density at radius 2 is 1.97 bits per heavy atom. The van der Waals surface area contributed by atoms with Crippen molar-refractivity contribution in [1.82, 2.24) is 4.98 Å². The fourth-order valence-electron chi connectivity index (χ4n) is 4.90. The highest BCUT2D eigenvalue weighted by molar-refractivity contribution is 7.19. The van der Waals surface area contributed by atoms with Crippen LogP contribution in [0.15, 0.2) is 36.5 Å². The molecule has 0 bridgehead atoms. The van der Waals surface area contributed by atoms with Crippen LogP contribution in [-0.4, -0.2) is 37.1 Å². The van der Waals surface area contributed by atoms with Gasteiger partial charge in [0.25, 0.3) is 0 Å². The van der Waals surface area contributed by atoms with Crippen molar-refractivity contribution in [1.29, 1.82) is 0 Å². The highest BCUT2D eigenvalue weighted by atomic mass is 32.1. The van der Waals surface area contributed by atoms with Crippen molar-refractivity contribution < 1.29 is 13.9 Å². The monoisotopic (exact) mass is 465 g/mol. The summed E-state index contributed by atoms with van der Waals surface area (Å²) in [5, 5.41) is 1.13. The third kappa shape index (κ3) is 4.21. The number of pyridine rings is 1. The zero-order valence-corrected chi connectivity index (χ0v) is 19.8. The first-order valence-corrected chi connectivity index (χ1v) is 12.1. The van der Waals surface area contributed by atoms with Crippen LogP contribution in [0.3, 0.4) is 0 Å². The number of carbonyl (C=O) groups excluding carboxylic acids is 1. The Morgan fingerprint density at radius 3 is 2.73 bits per heavy atom. The Morgan fingerprint density at radius 1 is 1.18 bits per heavy atom. The first-order valence-electron chi connectivity index (χ1n) is 11.3. The van der Waals surface area contributed by atoms with E-state index in [0.717, 1.165) is 62.9 Å². The minimum Gasteiger partial charge on any atom is -0.378 e. The Hall–Kier alpha value is -2.61. The van der Waals surface area contributed by atoms with Crippen molar-refractivity contribution in [2.45, 2.75) is 33.2 Å². The zero-order chi connectivity index (χ0) is 23.2. The molecule has 1 fully saturated rings. The molecule has 172 valence electrons. The molecule has 1 aliphatic heterocycles. The number of nitrogens with two attached hydrogens (primary N) is 1. The van der Waals surface area contributed by atoms with Gasteiger partial charge in [-0.1, -0.05) is 13.8 Å². The van der Waals surface area contributed by atoms with Crippen molar-refractivity contribution in [2.24, 2.45) is 11.1 Å². The second-order valence-corrected chi connectivity index (χ2v) is 10.6. The summed E-state index contributed by atoms with van der Waals surface area (Å²) in [5.41, 5.74) is 11.4. The molecule has 0 spiro atoms. The molecular weight excluding hydrogens is 437 g/mol. The molecule has 3 heterocycles. The molecule has 0 radical (unpaired) electrons. The van der Waals surface area contributed by atoms with Crippen molar-refractivity contribution in [3.63, 3.8) is 0 Å². The normalized spacial score (nSPS) is 17.8. The van der Waals surface area contributed by atoms with Crippen molar-refractivity contribution in [3.05, 3.63) is 58.3 Å². The second kappa shape index (κ2) is 8.63. The summed E-state index contributed by atoms with van der Waals surface area (Å²) in [6.45, 7) is 7.52. The lowest BCUT2D eigenvalue weighted by atomic mass is 9.75. The van der Waals surface area contributed by atoms with Crippen molar-refractivity contribution in [3.8, 4) is 22.4 Å². The number of thiophene rings is 1. The number of rotatable bonds is 4. The van der Waals surface area contributed by atoms with Gasteiger partial charge in [0, 0.05) is 43.4 Å². The summed E-state index contributed by atoms with van der Waals surface area (Å²) < 4.78 is 19.4. The van der Waals surface area contributed by atoms with E-state index in [1.807, 2.05) is 12.1 Å². The smallest absolute Gasteiger partial charge is 0.173 e. The molecular formula is C26H28FN3O2S. The van der Waals surface area contributed by atoms with E-state index in [4.69, 9.17) is 10.5 Å². The Labute approximate surface area is 197 Å². The van der Waals surface area contributed by atoms with Crippen LogP contribution in [0.25, 0.3) is 22.4 Å². The molecule has 3 aromatic rings. The predicted octanol–water partition coefficient (Wildman–Crippen LogP) is 5.07. The maximum absolute atomic E-state index is 13.8. The van der Waals surface area contributed by atoms with E-state index in [2.05, 4.69) is 23.7 Å². The number of hydrogen-bond donors (Lipinski definition) is 1. The molecule has 0 amide bonds. The van der Waals surface area contributed by atoms with E-state index in [1.165, 1.54) is 12.1 Å². The number of carbonyl (C=O) groups is 1. The number of benzene rings is 1. The minimum atomic E-state index is -0.308. The molecule has 1 saturated heterocycles. The SMILES string of the molecule is CC1(C)CC(=O)c2sc(N3CCOCC3)c(-c3ccnc(-c4ccc(F)cc4CN)c3)c2C1. The molecule has 7 heteroatoms. The van der Waals surface area contributed by atoms with E-state index in [9.17, 15) is 9.18 Å². The van der Waals surface area contributed by atoms with Crippen LogP contribution >= 0.6 is 11.3 Å². The molecule has 0 unspecified atom stereocenters. The van der Waals surface area contributed by atoms with E-state index in [-0.39, 0.29) is 23.6 Å². The van der Waals surface area contributed by atoms with E-state index in [1.54, 1.807) is 23.6 Å². The first-order chi connectivity index (χ1) is 15.9. The lowest BCUT2D eigenvalue weighted by Gasteiger charge is -2.30. The lowest BCUT2D eigenvalue weighted by molar-refractivity contribution is 0.0918. The van der Waals surface area contributed by atoms with Gasteiger partial charge in [0.15, 0.2) is 5.78 Å². The number of Topliss-reactive ketones (excluding diaryl/α,β-unsaturated/α-hetero) is 1. The van der Waals surface area contributed by atoms with Crippen LogP contribution in [0, 0.1) is 11.2 Å². The summed E-state index contributed by atoms with van der Waals surface area (Å²) in [6, 6.07) is 8.70. The van der Waals surface area contributed by atoms with Crippen LogP contribution < -0.4 is 10.6 Å². The standard InChI is InChI=1S/C26H28FN3O2S/c1-26(2)13-20-23(25(30-7-9-32-10-8-30)33-24(20)22(31)14-26)16-5-6-29-21(12-16)19-4-3-18(27)11-17(19)15-28/h3-6,11-12H,7-10,13-15,28H2,1-2H3. The molecule has 1 aromatic carbocycles. The van der Waals surface area contributed by atoms with Gasteiger partial charge in [-0.05, 0) is 58.9 Å². The van der Waals surface area contributed by atoms with Gasteiger partial charge in [0.2, 0.25) is 0 Å². The average molecular weight is 466 g/mol. The topological polar surface area (TPSA) is 68.5 Å². The number of nitrogens with zero attached hydrogens (tertiary/aromatic N) is 2. The van der Waals surface area contributed by atoms with Gasteiger partial charge in [-0.2, -0.15) is 0 Å². The number of halogens is 1. The first kappa shape index (κ1) is 22.2. The number of ether oxygens (including phenoxy) is 1. The van der Waals surface area contributed by atoms with Gasteiger partial charge in [-0.15, -0.1) is 11.3 Å². The van der Waals surface area contributed by atoms with E-state index >= 15 is 0 Å². The molecule has 33 heavy (non-hydrogen) atoms. The van der Waals surface area contributed by atoms with Gasteiger partial charge < -0.3 is 15.4 Å². The summed E-state index contributed by atoms with van der Waals surface area (Å²) >= 11 is 1.61. The summed E-state index contributed by atoms with van der Waals surface area (Å²) in [4.78, 5) is 20.9. The van der Waals surface area contributed by atoms with Gasteiger partial charge in [-0.3, -0.25) is 9.78 Å². The van der Waals surface area contributed by atoms with E-state index in [0.29, 0.717) is 19.6 Å². The Bertz CT molecular complexity index is 1210. The molecule has 5 rings (SSSR count).